The molecule has 2 aromatic carbocycles. The van der Waals surface area contributed by atoms with E-state index in [0.717, 1.165) is 31.6 Å². The van der Waals surface area contributed by atoms with Crippen LogP contribution in [0.3, 0.4) is 0 Å². The van der Waals surface area contributed by atoms with Crippen LogP contribution < -0.4 is 15.4 Å². The number of nitro groups is 1. The Morgan fingerprint density at radius 3 is 2.55 bits per heavy atom. The summed E-state index contributed by atoms with van der Waals surface area (Å²) in [4.78, 5) is 23.7. The van der Waals surface area contributed by atoms with E-state index >= 15 is 0 Å². The fraction of sp³-hybridized carbons (Fsp3) is 0.273. The van der Waals surface area contributed by atoms with Crippen molar-refractivity contribution in [1.82, 2.24) is 15.1 Å². The SMILES string of the molecule is COc1ccc(NC(=O)c2cnn(-c3ccc([N+](=O)[O-])cc3)c2C2CCNCC2)cc1Cl.Cl. The van der Waals surface area contributed by atoms with Crippen LogP contribution in [0.25, 0.3) is 5.69 Å². The van der Waals surface area contributed by atoms with Crippen molar-refractivity contribution in [2.45, 2.75) is 18.8 Å². The van der Waals surface area contributed by atoms with Crippen molar-refractivity contribution in [3.63, 3.8) is 0 Å². The average molecular weight is 492 g/mol. The number of nitrogens with one attached hydrogen (secondary N) is 2. The standard InChI is InChI=1S/C22H22ClN5O4.ClH/c1-32-20-7-2-15(12-19(20)23)26-22(29)18-13-25-27(21(18)14-8-10-24-11-9-14)16-3-5-17(6-4-16)28(30)31;/h2-7,12-14,24H,8-11H2,1H3,(H,26,29);1H. The van der Waals surface area contributed by atoms with Crippen LogP contribution in [0.5, 0.6) is 5.75 Å². The molecule has 9 nitrogen and oxygen atoms in total. The van der Waals surface area contributed by atoms with E-state index in [4.69, 9.17) is 16.3 Å². The average Bonchev–Trinajstić information content (AvgIpc) is 3.25. The number of halogens is 2. The number of aromatic nitrogens is 2. The van der Waals surface area contributed by atoms with E-state index in [9.17, 15) is 14.9 Å². The van der Waals surface area contributed by atoms with Gasteiger partial charge in [-0.2, -0.15) is 5.10 Å². The quantitative estimate of drug-likeness (QED) is 0.385. The van der Waals surface area contributed by atoms with E-state index in [1.165, 1.54) is 19.2 Å². The number of benzene rings is 2. The molecule has 1 fully saturated rings. The summed E-state index contributed by atoms with van der Waals surface area (Å²) >= 11 is 6.18. The number of rotatable bonds is 6. The third-order valence-electron chi connectivity index (χ3n) is 5.49. The van der Waals surface area contributed by atoms with Crippen molar-refractivity contribution < 1.29 is 14.5 Å². The van der Waals surface area contributed by atoms with Gasteiger partial charge in [0.1, 0.15) is 5.75 Å². The molecule has 33 heavy (non-hydrogen) atoms. The Hall–Kier alpha value is -3.14. The van der Waals surface area contributed by atoms with Crippen LogP contribution in [0.4, 0.5) is 11.4 Å². The lowest BCUT2D eigenvalue weighted by Crippen LogP contribution is -2.29. The van der Waals surface area contributed by atoms with Gasteiger partial charge in [0.05, 0.1) is 40.2 Å². The zero-order chi connectivity index (χ0) is 22.7. The van der Waals surface area contributed by atoms with Gasteiger partial charge in [0, 0.05) is 23.7 Å². The summed E-state index contributed by atoms with van der Waals surface area (Å²) in [5.41, 5.74) is 2.45. The number of nitro benzene ring substituents is 1. The number of hydrogen-bond donors (Lipinski definition) is 2. The van der Waals surface area contributed by atoms with E-state index in [1.54, 1.807) is 41.2 Å². The maximum atomic E-state index is 13.2. The summed E-state index contributed by atoms with van der Waals surface area (Å²) < 4.78 is 6.86. The van der Waals surface area contributed by atoms with E-state index in [0.29, 0.717) is 27.7 Å². The van der Waals surface area contributed by atoms with Crippen LogP contribution in [0.2, 0.25) is 5.02 Å². The lowest BCUT2D eigenvalue weighted by atomic mass is 9.91. The van der Waals surface area contributed by atoms with Gasteiger partial charge in [0.2, 0.25) is 0 Å². The molecular formula is C22H23Cl2N5O4. The molecule has 4 rings (SSSR count). The highest BCUT2D eigenvalue weighted by atomic mass is 35.5. The number of hydrogen-bond acceptors (Lipinski definition) is 6. The predicted molar refractivity (Wildman–Crippen MR) is 128 cm³/mol. The molecule has 1 aromatic heterocycles. The predicted octanol–water partition coefficient (Wildman–Crippen LogP) is 4.58. The zero-order valence-corrected chi connectivity index (χ0v) is 19.4. The van der Waals surface area contributed by atoms with Crippen molar-refractivity contribution in [2.24, 2.45) is 0 Å². The largest absolute Gasteiger partial charge is 0.495 e. The summed E-state index contributed by atoms with van der Waals surface area (Å²) in [6.07, 6.45) is 3.25. The zero-order valence-electron chi connectivity index (χ0n) is 17.8. The van der Waals surface area contributed by atoms with Crippen LogP contribution >= 0.6 is 24.0 Å². The van der Waals surface area contributed by atoms with Crippen molar-refractivity contribution in [1.29, 1.82) is 0 Å². The van der Waals surface area contributed by atoms with Crippen molar-refractivity contribution in [2.75, 3.05) is 25.5 Å². The summed E-state index contributed by atoms with van der Waals surface area (Å²) in [7, 11) is 1.53. The molecule has 0 saturated carbocycles. The molecule has 0 bridgehead atoms. The third kappa shape index (κ3) is 5.27. The number of nitrogens with zero attached hydrogens (tertiary/aromatic N) is 3. The molecule has 11 heteroatoms. The highest BCUT2D eigenvalue weighted by molar-refractivity contribution is 6.32. The van der Waals surface area contributed by atoms with Gasteiger partial charge in [-0.15, -0.1) is 12.4 Å². The van der Waals surface area contributed by atoms with Gasteiger partial charge in [-0.3, -0.25) is 14.9 Å². The second-order valence-corrected chi connectivity index (χ2v) is 7.86. The molecule has 0 aliphatic carbocycles. The Balaban J connectivity index is 0.00000306. The van der Waals surface area contributed by atoms with Crippen LogP contribution in [-0.4, -0.2) is 40.8 Å². The normalized spacial score (nSPS) is 13.8. The highest BCUT2D eigenvalue weighted by Gasteiger charge is 2.27. The Kier molecular flexibility index (Phi) is 7.91. The molecule has 1 saturated heterocycles. The van der Waals surface area contributed by atoms with Gasteiger partial charge in [0.25, 0.3) is 11.6 Å². The number of amides is 1. The Labute approximate surface area is 201 Å². The second-order valence-electron chi connectivity index (χ2n) is 7.46. The van der Waals surface area contributed by atoms with Crippen molar-refractivity contribution >= 4 is 41.3 Å². The minimum atomic E-state index is -0.445. The van der Waals surface area contributed by atoms with Crippen molar-refractivity contribution in [3.05, 3.63) is 75.1 Å². The van der Waals surface area contributed by atoms with Gasteiger partial charge >= 0.3 is 0 Å². The monoisotopic (exact) mass is 491 g/mol. The summed E-state index contributed by atoms with van der Waals surface area (Å²) in [5.74, 6) is 0.341. The van der Waals surface area contributed by atoms with Gasteiger partial charge in [-0.25, -0.2) is 4.68 Å². The number of methoxy groups -OCH3 is 1. The maximum Gasteiger partial charge on any atom is 0.269 e. The van der Waals surface area contributed by atoms with Gasteiger partial charge < -0.3 is 15.4 Å². The molecule has 2 heterocycles. The van der Waals surface area contributed by atoms with Gasteiger partial charge in [0.15, 0.2) is 0 Å². The molecule has 1 aliphatic rings. The summed E-state index contributed by atoms with van der Waals surface area (Å²) in [5, 5.41) is 22.1. The van der Waals surface area contributed by atoms with Crippen molar-refractivity contribution in [3.8, 4) is 11.4 Å². The Morgan fingerprint density at radius 1 is 1.24 bits per heavy atom. The number of carbonyl (C=O) groups is 1. The fourth-order valence-electron chi connectivity index (χ4n) is 3.88. The Bertz CT molecular complexity index is 1140. The van der Waals surface area contributed by atoms with Crippen LogP contribution in [0.15, 0.2) is 48.7 Å². The first kappa shape index (κ1) is 24.5. The minimum Gasteiger partial charge on any atom is -0.495 e. The molecule has 1 aliphatic heterocycles. The fourth-order valence-corrected chi connectivity index (χ4v) is 4.14. The van der Waals surface area contributed by atoms with E-state index in [2.05, 4.69) is 15.7 Å². The maximum absolute atomic E-state index is 13.2. The number of ether oxygens (including phenoxy) is 1. The lowest BCUT2D eigenvalue weighted by molar-refractivity contribution is -0.384. The molecule has 1 amide bonds. The number of carbonyl (C=O) groups excluding carboxylic acids is 1. The first-order valence-corrected chi connectivity index (χ1v) is 10.5. The Morgan fingerprint density at radius 2 is 1.94 bits per heavy atom. The summed E-state index contributed by atoms with van der Waals surface area (Å²) in [6, 6.07) is 11.2. The molecule has 2 N–H and O–H groups in total. The van der Waals surface area contributed by atoms with Crippen LogP contribution in [0, 0.1) is 10.1 Å². The molecule has 174 valence electrons. The molecule has 3 aromatic rings. The van der Waals surface area contributed by atoms with Crippen LogP contribution in [0.1, 0.15) is 34.8 Å². The first-order valence-electron chi connectivity index (χ1n) is 10.2. The van der Waals surface area contributed by atoms with Gasteiger partial charge in [-0.05, 0) is 56.3 Å². The lowest BCUT2D eigenvalue weighted by Gasteiger charge is -2.24. The highest BCUT2D eigenvalue weighted by Crippen LogP contribution is 2.32. The molecular weight excluding hydrogens is 469 g/mol. The molecule has 0 unspecified atom stereocenters. The molecule has 0 atom stereocenters. The number of non-ortho nitro benzene ring substituents is 1. The van der Waals surface area contributed by atoms with E-state index < -0.39 is 4.92 Å². The van der Waals surface area contributed by atoms with Crippen LogP contribution in [-0.2, 0) is 0 Å². The first-order chi connectivity index (χ1) is 15.5. The summed E-state index contributed by atoms with van der Waals surface area (Å²) in [6.45, 7) is 1.68. The molecule has 0 spiro atoms. The third-order valence-corrected chi connectivity index (χ3v) is 5.79. The van der Waals surface area contributed by atoms with E-state index in [-0.39, 0.29) is 29.9 Å². The number of anilines is 1. The topological polar surface area (TPSA) is 111 Å². The minimum absolute atomic E-state index is 0. The smallest absolute Gasteiger partial charge is 0.269 e. The van der Waals surface area contributed by atoms with Gasteiger partial charge in [-0.1, -0.05) is 11.6 Å². The number of piperidine rings is 1. The molecule has 0 radical (unpaired) electrons. The van der Waals surface area contributed by atoms with E-state index in [1.807, 2.05) is 0 Å². The second kappa shape index (κ2) is 10.7.